The first-order chi connectivity index (χ1) is 9.29. The summed E-state index contributed by atoms with van der Waals surface area (Å²) in [6.07, 6.45) is 0. The van der Waals surface area contributed by atoms with Crippen molar-refractivity contribution >= 4 is 37.8 Å². The lowest BCUT2D eigenvalue weighted by Gasteiger charge is -2.07. The lowest BCUT2D eigenvalue weighted by atomic mass is 10.2. The van der Waals surface area contributed by atoms with Crippen molar-refractivity contribution < 1.29 is 22.8 Å². The van der Waals surface area contributed by atoms with Crippen LogP contribution in [0.1, 0.15) is 16.1 Å². The Hall–Kier alpha value is -1.87. The summed E-state index contributed by atoms with van der Waals surface area (Å²) in [7, 11) is -3.98. The van der Waals surface area contributed by atoms with Crippen molar-refractivity contribution in [2.24, 2.45) is 0 Å². The van der Waals surface area contributed by atoms with Gasteiger partial charge in [-0.05, 0) is 41.1 Å². The van der Waals surface area contributed by atoms with E-state index in [1.807, 2.05) is 0 Å². The third kappa shape index (κ3) is 2.99. The first kappa shape index (κ1) is 14.5. The van der Waals surface area contributed by atoms with Crippen LogP contribution in [0.4, 0.5) is 5.88 Å². The molecule has 2 rings (SSSR count). The first-order valence-electron chi connectivity index (χ1n) is 5.28. The number of benzene rings is 1. The number of nitrogens with one attached hydrogen (secondary N) is 1. The van der Waals surface area contributed by atoms with Crippen molar-refractivity contribution in [2.45, 2.75) is 11.8 Å². The molecule has 0 bridgehead atoms. The number of hydrogen-bond donors (Lipinski definition) is 2. The summed E-state index contributed by atoms with van der Waals surface area (Å²) in [4.78, 5) is 10.7. The van der Waals surface area contributed by atoms with Gasteiger partial charge in [-0.15, -0.1) is 0 Å². The number of carbonyl (C=O) groups is 1. The zero-order valence-corrected chi connectivity index (χ0v) is 12.5. The maximum Gasteiger partial charge on any atom is 0.335 e. The molecule has 0 aliphatic rings. The van der Waals surface area contributed by atoms with Crippen LogP contribution in [0, 0.1) is 6.92 Å². The molecule has 20 heavy (non-hydrogen) atoms. The van der Waals surface area contributed by atoms with Gasteiger partial charge in [0.25, 0.3) is 10.0 Å². The van der Waals surface area contributed by atoms with Crippen LogP contribution in [0.3, 0.4) is 0 Å². The third-order valence-corrected chi connectivity index (χ3v) is 4.67. The number of halogens is 1. The zero-order valence-electron chi connectivity index (χ0n) is 10.1. The van der Waals surface area contributed by atoms with E-state index >= 15 is 0 Å². The number of carboxylic acid groups (broad SMARTS) is 1. The topological polar surface area (TPSA) is 110 Å². The quantitative estimate of drug-likeness (QED) is 0.864. The highest BCUT2D eigenvalue weighted by atomic mass is 79.9. The Morgan fingerprint density at radius 1 is 1.40 bits per heavy atom. The lowest BCUT2D eigenvalue weighted by Crippen LogP contribution is -2.14. The molecule has 0 spiro atoms. The second-order valence-electron chi connectivity index (χ2n) is 3.89. The summed E-state index contributed by atoms with van der Waals surface area (Å²) in [5.74, 6) is -1.26. The third-order valence-electron chi connectivity index (χ3n) is 2.33. The molecule has 0 saturated heterocycles. The zero-order chi connectivity index (χ0) is 14.9. The molecule has 1 heterocycles. The van der Waals surface area contributed by atoms with Crippen LogP contribution in [-0.2, 0) is 10.0 Å². The largest absolute Gasteiger partial charge is 0.478 e. The van der Waals surface area contributed by atoms with Gasteiger partial charge in [-0.2, -0.15) is 0 Å². The predicted octanol–water partition coefficient (Wildman–Crippen LogP) is 2.24. The van der Waals surface area contributed by atoms with Gasteiger partial charge in [0.15, 0.2) is 0 Å². The summed E-state index contributed by atoms with van der Waals surface area (Å²) in [6.45, 7) is 1.64. The van der Waals surface area contributed by atoms with Crippen molar-refractivity contribution in [3.05, 3.63) is 40.0 Å². The van der Waals surface area contributed by atoms with Gasteiger partial charge in [-0.3, -0.25) is 0 Å². The van der Waals surface area contributed by atoms with E-state index in [0.29, 0.717) is 5.69 Å². The van der Waals surface area contributed by atoms with Gasteiger partial charge in [0.2, 0.25) is 5.88 Å². The standard InChI is InChI=1S/C11H9BrN2O5S/c1-6-4-10(19-13-6)14-20(17,18)9-5-7(11(15)16)2-3-8(9)12/h2-5,14H,1H3,(H,15,16). The second kappa shape index (κ2) is 5.25. The van der Waals surface area contributed by atoms with E-state index in [0.717, 1.165) is 6.07 Å². The molecule has 0 fully saturated rings. The number of hydrogen-bond acceptors (Lipinski definition) is 5. The number of carboxylic acids is 1. The van der Waals surface area contributed by atoms with Gasteiger partial charge in [0.1, 0.15) is 4.90 Å². The minimum absolute atomic E-state index is 0.0462. The van der Waals surface area contributed by atoms with Crippen LogP contribution in [-0.4, -0.2) is 24.7 Å². The fourth-order valence-corrected chi connectivity index (χ4v) is 3.41. The van der Waals surface area contributed by atoms with Gasteiger partial charge in [-0.25, -0.2) is 17.9 Å². The molecular weight excluding hydrogens is 352 g/mol. The van der Waals surface area contributed by atoms with Gasteiger partial charge < -0.3 is 9.63 Å². The highest BCUT2D eigenvalue weighted by molar-refractivity contribution is 9.10. The van der Waals surface area contributed by atoms with E-state index in [-0.39, 0.29) is 20.8 Å². The highest BCUT2D eigenvalue weighted by Crippen LogP contribution is 2.25. The van der Waals surface area contributed by atoms with Gasteiger partial charge in [-0.1, -0.05) is 5.16 Å². The Balaban J connectivity index is 2.43. The van der Waals surface area contributed by atoms with Crippen molar-refractivity contribution in [3.63, 3.8) is 0 Å². The van der Waals surface area contributed by atoms with Crippen LogP contribution in [0.15, 0.2) is 38.2 Å². The maximum atomic E-state index is 12.2. The molecule has 0 amide bonds. The Labute approximate surface area is 122 Å². The summed E-state index contributed by atoms with van der Waals surface area (Å²) < 4.78 is 31.6. The van der Waals surface area contributed by atoms with E-state index in [1.54, 1.807) is 6.92 Å². The molecule has 106 valence electrons. The van der Waals surface area contributed by atoms with Crippen molar-refractivity contribution in [1.29, 1.82) is 0 Å². The summed E-state index contributed by atoms with van der Waals surface area (Å²) in [6, 6.07) is 5.11. The second-order valence-corrected chi connectivity index (χ2v) is 6.39. The number of aryl methyl sites for hydroxylation is 1. The van der Waals surface area contributed by atoms with E-state index in [1.165, 1.54) is 18.2 Å². The molecule has 0 aliphatic heterocycles. The van der Waals surface area contributed by atoms with E-state index < -0.39 is 16.0 Å². The average Bonchev–Trinajstić information content (AvgIpc) is 2.73. The molecule has 7 nitrogen and oxygen atoms in total. The number of sulfonamides is 1. The van der Waals surface area contributed by atoms with E-state index in [2.05, 4.69) is 25.8 Å². The maximum absolute atomic E-state index is 12.2. The molecular formula is C11H9BrN2O5S. The summed E-state index contributed by atoms with van der Waals surface area (Å²) in [5, 5.41) is 12.5. The minimum Gasteiger partial charge on any atom is -0.478 e. The van der Waals surface area contributed by atoms with E-state index in [4.69, 9.17) is 9.63 Å². The molecule has 1 aromatic carbocycles. The number of rotatable bonds is 4. The molecule has 2 aromatic rings. The van der Waals surface area contributed by atoms with Crippen LogP contribution in [0.2, 0.25) is 0 Å². The molecule has 0 unspecified atom stereocenters. The van der Waals surface area contributed by atoms with Gasteiger partial charge >= 0.3 is 5.97 Å². The fourth-order valence-electron chi connectivity index (χ4n) is 1.44. The molecule has 0 radical (unpaired) electrons. The monoisotopic (exact) mass is 360 g/mol. The minimum atomic E-state index is -3.98. The van der Waals surface area contributed by atoms with Crippen molar-refractivity contribution in [2.75, 3.05) is 4.72 Å². The number of anilines is 1. The lowest BCUT2D eigenvalue weighted by molar-refractivity contribution is 0.0696. The number of aromatic nitrogens is 1. The predicted molar refractivity (Wildman–Crippen MR) is 73.1 cm³/mol. The average molecular weight is 361 g/mol. The highest BCUT2D eigenvalue weighted by Gasteiger charge is 2.21. The fraction of sp³-hybridized carbons (Fsp3) is 0.0909. The normalized spacial score (nSPS) is 11.3. The molecule has 0 atom stereocenters. The Morgan fingerprint density at radius 2 is 2.10 bits per heavy atom. The number of nitrogens with zero attached hydrogens (tertiary/aromatic N) is 1. The summed E-state index contributed by atoms with van der Waals surface area (Å²) >= 11 is 3.08. The Bertz CT molecular complexity index is 769. The molecule has 0 saturated carbocycles. The Kier molecular flexibility index (Phi) is 3.82. The molecule has 0 aliphatic carbocycles. The van der Waals surface area contributed by atoms with Crippen LogP contribution < -0.4 is 4.72 Å². The van der Waals surface area contributed by atoms with Crippen LogP contribution in [0.5, 0.6) is 0 Å². The molecule has 9 heteroatoms. The summed E-state index contributed by atoms with van der Waals surface area (Å²) in [5.41, 5.74) is 0.378. The van der Waals surface area contributed by atoms with Crippen LogP contribution in [0.25, 0.3) is 0 Å². The first-order valence-corrected chi connectivity index (χ1v) is 7.56. The van der Waals surface area contributed by atoms with Gasteiger partial charge in [0, 0.05) is 10.5 Å². The van der Waals surface area contributed by atoms with Crippen molar-refractivity contribution in [1.82, 2.24) is 5.16 Å². The molecule has 2 N–H and O–H groups in total. The number of aromatic carboxylic acids is 1. The molecule has 1 aromatic heterocycles. The van der Waals surface area contributed by atoms with Gasteiger partial charge in [0.05, 0.1) is 11.3 Å². The smallest absolute Gasteiger partial charge is 0.335 e. The SMILES string of the molecule is Cc1cc(NS(=O)(=O)c2cc(C(=O)O)ccc2Br)on1. The Morgan fingerprint density at radius 3 is 2.65 bits per heavy atom. The van der Waals surface area contributed by atoms with Crippen molar-refractivity contribution in [3.8, 4) is 0 Å². The van der Waals surface area contributed by atoms with E-state index in [9.17, 15) is 13.2 Å². The van der Waals surface area contributed by atoms with Crippen LogP contribution >= 0.6 is 15.9 Å².